The molecule has 2 heterocycles. The predicted octanol–water partition coefficient (Wildman–Crippen LogP) is 15.0. The zero-order chi connectivity index (χ0) is 34.6. The summed E-state index contributed by atoms with van der Waals surface area (Å²) in [6, 6.07) is 61.1. The summed E-state index contributed by atoms with van der Waals surface area (Å²) in [6.07, 6.45) is 0. The van der Waals surface area contributed by atoms with E-state index < -0.39 is 0 Å². The number of anilines is 3. The van der Waals surface area contributed by atoms with Gasteiger partial charge >= 0.3 is 0 Å². The Morgan fingerprint density at radius 1 is 0.423 bits per heavy atom. The van der Waals surface area contributed by atoms with Gasteiger partial charge in [-0.3, -0.25) is 0 Å². The van der Waals surface area contributed by atoms with Crippen molar-refractivity contribution in [2.75, 3.05) is 4.90 Å². The van der Waals surface area contributed by atoms with E-state index in [1.54, 1.807) is 0 Å². The van der Waals surface area contributed by atoms with Gasteiger partial charge in [-0.05, 0) is 105 Å². The number of fused-ring (bicyclic) bond motifs is 11. The third kappa shape index (κ3) is 4.33. The fraction of sp³-hybridized carbons (Fsp3) is 0.0612. The average molecular weight is 700 g/mol. The molecule has 10 aromatic rings. The van der Waals surface area contributed by atoms with Crippen molar-refractivity contribution < 1.29 is 0 Å². The maximum absolute atomic E-state index is 2.45. The third-order valence-corrected chi connectivity index (χ3v) is 13.6. The third-order valence-electron chi connectivity index (χ3n) is 11.3. The van der Waals surface area contributed by atoms with Gasteiger partial charge in [-0.15, -0.1) is 22.7 Å². The fourth-order valence-electron chi connectivity index (χ4n) is 8.71. The molecule has 0 bridgehead atoms. The molecule has 0 N–H and O–H groups in total. The second-order valence-electron chi connectivity index (χ2n) is 14.5. The molecule has 0 saturated heterocycles. The van der Waals surface area contributed by atoms with Crippen molar-refractivity contribution >= 4 is 90.9 Å². The number of rotatable bonds is 4. The molecule has 8 aromatic carbocycles. The second kappa shape index (κ2) is 11.1. The lowest BCUT2D eigenvalue weighted by atomic mass is 9.82. The van der Waals surface area contributed by atoms with Crippen LogP contribution in [0.1, 0.15) is 25.0 Å². The summed E-state index contributed by atoms with van der Waals surface area (Å²) in [4.78, 5) is 2.45. The molecule has 1 aliphatic carbocycles. The first-order valence-electron chi connectivity index (χ1n) is 17.9. The Hall–Kier alpha value is -5.74. The molecule has 0 radical (unpaired) electrons. The molecule has 52 heavy (non-hydrogen) atoms. The van der Waals surface area contributed by atoms with Crippen molar-refractivity contribution in [1.29, 1.82) is 0 Å². The second-order valence-corrected chi connectivity index (χ2v) is 16.6. The Labute approximate surface area is 310 Å². The molecule has 1 nitrogen and oxygen atoms in total. The molecule has 2 aromatic heterocycles. The summed E-state index contributed by atoms with van der Waals surface area (Å²) in [5, 5.41) is 7.89. The maximum Gasteiger partial charge on any atom is 0.0468 e. The van der Waals surface area contributed by atoms with Gasteiger partial charge in [-0.25, -0.2) is 0 Å². The molecule has 11 rings (SSSR count). The van der Waals surface area contributed by atoms with Crippen LogP contribution in [-0.2, 0) is 5.41 Å². The molecule has 0 atom stereocenters. The van der Waals surface area contributed by atoms with Crippen LogP contribution in [0.3, 0.4) is 0 Å². The van der Waals surface area contributed by atoms with Crippen LogP contribution in [0.25, 0.3) is 73.4 Å². The Bertz CT molecular complexity index is 3050. The molecular weight excluding hydrogens is 667 g/mol. The maximum atomic E-state index is 2.45. The Morgan fingerprint density at radius 2 is 1.04 bits per heavy atom. The standard InChI is InChI=1S/C49H33NS2/c1-49(2)42-16-8-5-13-36(42)37-25-23-34(29-43(37)49)50(33-24-26-46-41(28-33)38-14-6-9-17-44(38)51-46)32-21-19-30(20-22-32)40-27-31-11-3-4-12-35(31)48-47(40)39-15-7-10-18-45(39)52-48/h3-29H,1-2H3. The Kier molecular flexibility index (Phi) is 6.41. The molecule has 3 heteroatoms. The smallest absolute Gasteiger partial charge is 0.0468 e. The van der Waals surface area contributed by atoms with Gasteiger partial charge in [0.15, 0.2) is 0 Å². The highest BCUT2D eigenvalue weighted by molar-refractivity contribution is 7.27. The summed E-state index contributed by atoms with van der Waals surface area (Å²) in [5.41, 5.74) is 11.3. The van der Waals surface area contributed by atoms with Crippen molar-refractivity contribution in [3.05, 3.63) is 175 Å². The van der Waals surface area contributed by atoms with E-state index in [-0.39, 0.29) is 5.41 Å². The van der Waals surface area contributed by atoms with Crippen LogP contribution in [0.2, 0.25) is 0 Å². The van der Waals surface area contributed by atoms with Crippen LogP contribution in [0, 0.1) is 0 Å². The molecule has 0 unspecified atom stereocenters. The normalized spacial score (nSPS) is 13.3. The zero-order valence-electron chi connectivity index (χ0n) is 28.9. The van der Waals surface area contributed by atoms with E-state index in [4.69, 9.17) is 0 Å². The summed E-state index contributed by atoms with van der Waals surface area (Å²) in [6.45, 7) is 4.73. The van der Waals surface area contributed by atoms with Gasteiger partial charge in [0.05, 0.1) is 0 Å². The van der Waals surface area contributed by atoms with Gasteiger partial charge in [0.2, 0.25) is 0 Å². The molecule has 0 fully saturated rings. The van der Waals surface area contributed by atoms with Crippen LogP contribution >= 0.6 is 22.7 Å². The van der Waals surface area contributed by atoms with Gasteiger partial charge < -0.3 is 4.90 Å². The first-order valence-corrected chi connectivity index (χ1v) is 19.6. The van der Waals surface area contributed by atoms with Gasteiger partial charge in [0.1, 0.15) is 0 Å². The minimum absolute atomic E-state index is 0.0876. The Balaban J connectivity index is 1.11. The largest absolute Gasteiger partial charge is 0.310 e. The van der Waals surface area contributed by atoms with E-state index in [0.717, 1.165) is 11.4 Å². The van der Waals surface area contributed by atoms with Crippen LogP contribution in [0.4, 0.5) is 17.1 Å². The summed E-state index contributed by atoms with van der Waals surface area (Å²) in [5.74, 6) is 0. The number of hydrogen-bond donors (Lipinski definition) is 0. The van der Waals surface area contributed by atoms with E-state index >= 15 is 0 Å². The molecule has 0 aliphatic heterocycles. The van der Waals surface area contributed by atoms with E-state index in [0.29, 0.717) is 0 Å². The van der Waals surface area contributed by atoms with Crippen LogP contribution in [-0.4, -0.2) is 0 Å². The summed E-state index contributed by atoms with van der Waals surface area (Å²) in [7, 11) is 0. The van der Waals surface area contributed by atoms with Crippen LogP contribution in [0.5, 0.6) is 0 Å². The average Bonchev–Trinajstić information content (AvgIpc) is 3.83. The first-order chi connectivity index (χ1) is 25.5. The number of nitrogens with zero attached hydrogens (tertiary/aromatic N) is 1. The molecule has 0 spiro atoms. The SMILES string of the molecule is CC1(C)c2ccccc2-c2ccc(N(c3ccc(-c4cc5ccccc5c5sc6ccccc6c45)cc3)c3ccc4sc5ccccc5c4c3)cc21. The highest BCUT2D eigenvalue weighted by atomic mass is 32.1. The Morgan fingerprint density at radius 3 is 1.88 bits per heavy atom. The number of benzene rings is 8. The lowest BCUT2D eigenvalue weighted by Crippen LogP contribution is -2.16. The molecule has 246 valence electrons. The molecular formula is C49H33NS2. The first kappa shape index (κ1) is 29.9. The minimum atomic E-state index is -0.0876. The van der Waals surface area contributed by atoms with Gasteiger partial charge in [0, 0.05) is 62.8 Å². The van der Waals surface area contributed by atoms with E-state index in [1.807, 2.05) is 22.7 Å². The van der Waals surface area contributed by atoms with E-state index in [9.17, 15) is 0 Å². The zero-order valence-corrected chi connectivity index (χ0v) is 30.5. The topological polar surface area (TPSA) is 3.24 Å². The lowest BCUT2D eigenvalue weighted by Gasteiger charge is -2.28. The minimum Gasteiger partial charge on any atom is -0.310 e. The monoisotopic (exact) mass is 699 g/mol. The van der Waals surface area contributed by atoms with Crippen molar-refractivity contribution in [3.8, 4) is 22.3 Å². The molecule has 1 aliphatic rings. The summed E-state index contributed by atoms with van der Waals surface area (Å²) < 4.78 is 5.33. The molecule has 0 saturated carbocycles. The van der Waals surface area contributed by atoms with Crippen molar-refractivity contribution in [2.45, 2.75) is 19.3 Å². The van der Waals surface area contributed by atoms with E-state index in [1.165, 1.54) is 90.2 Å². The summed E-state index contributed by atoms with van der Waals surface area (Å²) >= 11 is 3.77. The highest BCUT2D eigenvalue weighted by Crippen LogP contribution is 2.51. The van der Waals surface area contributed by atoms with Crippen molar-refractivity contribution in [1.82, 2.24) is 0 Å². The van der Waals surface area contributed by atoms with Gasteiger partial charge in [0.25, 0.3) is 0 Å². The molecule has 0 amide bonds. The van der Waals surface area contributed by atoms with Gasteiger partial charge in [-0.2, -0.15) is 0 Å². The van der Waals surface area contributed by atoms with E-state index in [2.05, 4.69) is 183 Å². The van der Waals surface area contributed by atoms with Gasteiger partial charge in [-0.1, -0.05) is 117 Å². The number of thiophene rings is 2. The van der Waals surface area contributed by atoms with Crippen LogP contribution in [0.15, 0.2) is 164 Å². The van der Waals surface area contributed by atoms with Crippen LogP contribution < -0.4 is 4.90 Å². The fourth-order valence-corrected chi connectivity index (χ4v) is 11.1. The lowest BCUT2D eigenvalue weighted by molar-refractivity contribution is 0.660. The van der Waals surface area contributed by atoms with Crippen molar-refractivity contribution in [2.24, 2.45) is 0 Å². The van der Waals surface area contributed by atoms with Crippen molar-refractivity contribution in [3.63, 3.8) is 0 Å². The number of hydrogen-bond acceptors (Lipinski definition) is 3. The predicted molar refractivity (Wildman–Crippen MR) is 227 cm³/mol. The highest BCUT2D eigenvalue weighted by Gasteiger charge is 2.35. The quantitative estimate of drug-likeness (QED) is 0.177.